The highest BCUT2D eigenvalue weighted by atomic mass is 19.1. The Labute approximate surface area is 94.5 Å². The third-order valence-electron chi connectivity index (χ3n) is 2.81. The number of rotatable bonds is 2. The average molecular weight is 219 g/mol. The molecule has 0 aromatic heterocycles. The Morgan fingerprint density at radius 2 is 1.88 bits per heavy atom. The Bertz CT molecular complexity index is 374. The van der Waals surface area contributed by atoms with Crippen LogP contribution in [-0.4, -0.2) is 18.1 Å². The molecule has 3 nitrogen and oxygen atoms in total. The lowest BCUT2D eigenvalue weighted by molar-refractivity contribution is 0.244. The van der Waals surface area contributed by atoms with Gasteiger partial charge in [0.05, 0.1) is 6.07 Å². The van der Waals surface area contributed by atoms with Crippen LogP contribution in [0, 0.1) is 23.1 Å². The van der Waals surface area contributed by atoms with Gasteiger partial charge in [0.15, 0.2) is 0 Å². The molecule has 0 bridgehead atoms. The van der Waals surface area contributed by atoms with Gasteiger partial charge >= 0.3 is 0 Å². The van der Waals surface area contributed by atoms with Crippen molar-refractivity contribution in [2.45, 2.75) is 12.8 Å². The zero-order valence-corrected chi connectivity index (χ0v) is 8.99. The first kappa shape index (κ1) is 10.9. The van der Waals surface area contributed by atoms with Crippen molar-refractivity contribution >= 4 is 5.69 Å². The molecule has 1 heterocycles. The van der Waals surface area contributed by atoms with Crippen LogP contribution in [-0.2, 0) is 0 Å². The van der Waals surface area contributed by atoms with E-state index >= 15 is 0 Å². The van der Waals surface area contributed by atoms with Crippen molar-refractivity contribution in [3.63, 3.8) is 0 Å². The van der Waals surface area contributed by atoms with Gasteiger partial charge in [-0.05, 0) is 37.1 Å². The Morgan fingerprint density at radius 1 is 1.25 bits per heavy atom. The van der Waals surface area contributed by atoms with Crippen LogP contribution < -0.4 is 5.43 Å². The van der Waals surface area contributed by atoms with Gasteiger partial charge in [0.1, 0.15) is 5.82 Å². The van der Waals surface area contributed by atoms with Crippen LogP contribution in [0.1, 0.15) is 12.8 Å². The highest BCUT2D eigenvalue weighted by molar-refractivity contribution is 5.41. The first-order valence-corrected chi connectivity index (χ1v) is 5.45. The number of nitriles is 1. The molecule has 1 aliphatic rings. The Kier molecular flexibility index (Phi) is 3.37. The van der Waals surface area contributed by atoms with E-state index in [4.69, 9.17) is 5.26 Å². The standard InChI is InChI=1S/C12H14FN3/c13-11-1-3-12(4-2-11)15-16-7-5-10(9-14)6-8-16/h1-4,10,15H,5-8H2. The summed E-state index contributed by atoms with van der Waals surface area (Å²) in [6.45, 7) is 1.71. The highest BCUT2D eigenvalue weighted by Gasteiger charge is 2.18. The van der Waals surface area contributed by atoms with Crippen LogP contribution in [0.4, 0.5) is 10.1 Å². The fourth-order valence-electron chi connectivity index (χ4n) is 1.83. The van der Waals surface area contributed by atoms with Gasteiger partial charge in [-0.15, -0.1) is 0 Å². The van der Waals surface area contributed by atoms with Crippen molar-refractivity contribution in [1.29, 1.82) is 5.26 Å². The van der Waals surface area contributed by atoms with Crippen LogP contribution in [0.25, 0.3) is 0 Å². The molecule has 0 atom stereocenters. The third-order valence-corrected chi connectivity index (χ3v) is 2.81. The molecule has 0 aliphatic carbocycles. The number of hydrogen-bond donors (Lipinski definition) is 1. The molecule has 1 aromatic carbocycles. The summed E-state index contributed by atoms with van der Waals surface area (Å²) in [7, 11) is 0. The molecule has 0 radical (unpaired) electrons. The number of halogens is 1. The maximum atomic E-state index is 12.7. The van der Waals surface area contributed by atoms with Gasteiger partial charge in [0.2, 0.25) is 0 Å². The first-order valence-electron chi connectivity index (χ1n) is 5.45. The lowest BCUT2D eigenvalue weighted by Crippen LogP contribution is -2.37. The highest BCUT2D eigenvalue weighted by Crippen LogP contribution is 2.17. The number of hydrazine groups is 1. The average Bonchev–Trinajstić information content (AvgIpc) is 2.33. The molecular formula is C12H14FN3. The van der Waals surface area contributed by atoms with Gasteiger partial charge in [-0.1, -0.05) is 0 Å². The Hall–Kier alpha value is -1.60. The van der Waals surface area contributed by atoms with E-state index in [0.29, 0.717) is 0 Å². The molecule has 1 fully saturated rings. The second-order valence-corrected chi connectivity index (χ2v) is 4.01. The third kappa shape index (κ3) is 2.71. The Morgan fingerprint density at radius 3 is 2.44 bits per heavy atom. The smallest absolute Gasteiger partial charge is 0.123 e. The summed E-state index contributed by atoms with van der Waals surface area (Å²) in [6.07, 6.45) is 1.79. The molecule has 2 rings (SSSR count). The summed E-state index contributed by atoms with van der Waals surface area (Å²) >= 11 is 0. The van der Waals surface area contributed by atoms with E-state index in [9.17, 15) is 4.39 Å². The van der Waals surface area contributed by atoms with E-state index in [-0.39, 0.29) is 11.7 Å². The summed E-state index contributed by atoms with van der Waals surface area (Å²) < 4.78 is 12.7. The van der Waals surface area contributed by atoms with Gasteiger partial charge in [-0.3, -0.25) is 0 Å². The minimum absolute atomic E-state index is 0.186. The first-order chi connectivity index (χ1) is 7.78. The lowest BCUT2D eigenvalue weighted by Gasteiger charge is -2.30. The lowest BCUT2D eigenvalue weighted by atomic mass is 10.00. The predicted octanol–water partition coefficient (Wildman–Crippen LogP) is 2.39. The fraction of sp³-hybridized carbons (Fsp3) is 0.417. The van der Waals surface area contributed by atoms with E-state index in [1.54, 1.807) is 12.1 Å². The van der Waals surface area contributed by atoms with E-state index < -0.39 is 0 Å². The summed E-state index contributed by atoms with van der Waals surface area (Å²) in [5.41, 5.74) is 4.10. The number of benzene rings is 1. The minimum Gasteiger partial charge on any atom is -0.319 e. The summed E-state index contributed by atoms with van der Waals surface area (Å²) in [4.78, 5) is 0. The van der Waals surface area contributed by atoms with Crippen LogP contribution in [0.5, 0.6) is 0 Å². The molecule has 0 amide bonds. The maximum Gasteiger partial charge on any atom is 0.123 e. The van der Waals surface area contributed by atoms with E-state index in [0.717, 1.165) is 31.6 Å². The minimum atomic E-state index is -0.228. The molecule has 1 saturated heterocycles. The van der Waals surface area contributed by atoms with Gasteiger partial charge in [0, 0.05) is 24.7 Å². The number of nitrogens with zero attached hydrogens (tertiary/aromatic N) is 2. The predicted molar refractivity (Wildman–Crippen MR) is 59.9 cm³/mol. The largest absolute Gasteiger partial charge is 0.319 e. The number of hydrogen-bond acceptors (Lipinski definition) is 3. The van der Waals surface area contributed by atoms with Crippen molar-refractivity contribution < 1.29 is 4.39 Å². The molecule has 84 valence electrons. The molecule has 1 aromatic rings. The number of nitrogens with one attached hydrogen (secondary N) is 1. The van der Waals surface area contributed by atoms with Crippen molar-refractivity contribution in [3.05, 3.63) is 30.1 Å². The van der Waals surface area contributed by atoms with Gasteiger partial charge in [-0.2, -0.15) is 5.26 Å². The summed E-state index contributed by atoms with van der Waals surface area (Å²) in [5, 5.41) is 10.8. The second-order valence-electron chi connectivity index (χ2n) is 4.01. The molecule has 0 saturated carbocycles. The van der Waals surface area contributed by atoms with Crippen molar-refractivity contribution in [2.75, 3.05) is 18.5 Å². The van der Waals surface area contributed by atoms with Crippen LogP contribution >= 0.6 is 0 Å². The monoisotopic (exact) mass is 219 g/mol. The van der Waals surface area contributed by atoms with Crippen LogP contribution in [0.15, 0.2) is 24.3 Å². The van der Waals surface area contributed by atoms with Crippen molar-refractivity contribution in [1.82, 2.24) is 5.01 Å². The molecular weight excluding hydrogens is 205 g/mol. The molecule has 1 aliphatic heterocycles. The van der Waals surface area contributed by atoms with E-state index in [1.165, 1.54) is 12.1 Å². The molecule has 16 heavy (non-hydrogen) atoms. The number of anilines is 1. The second kappa shape index (κ2) is 4.95. The van der Waals surface area contributed by atoms with Crippen molar-refractivity contribution in [3.8, 4) is 6.07 Å². The van der Waals surface area contributed by atoms with Gasteiger partial charge in [-0.25, -0.2) is 9.40 Å². The van der Waals surface area contributed by atoms with Crippen LogP contribution in [0.3, 0.4) is 0 Å². The topological polar surface area (TPSA) is 39.1 Å². The quantitative estimate of drug-likeness (QED) is 0.830. The normalized spacial score (nSPS) is 18.0. The van der Waals surface area contributed by atoms with E-state index in [2.05, 4.69) is 16.5 Å². The maximum absolute atomic E-state index is 12.7. The fourth-order valence-corrected chi connectivity index (χ4v) is 1.83. The molecule has 0 unspecified atom stereocenters. The molecule has 0 spiro atoms. The Balaban J connectivity index is 1.87. The zero-order chi connectivity index (χ0) is 11.4. The zero-order valence-electron chi connectivity index (χ0n) is 8.99. The van der Waals surface area contributed by atoms with E-state index in [1.807, 2.05) is 0 Å². The molecule has 1 N–H and O–H groups in total. The van der Waals surface area contributed by atoms with Crippen LogP contribution in [0.2, 0.25) is 0 Å². The van der Waals surface area contributed by atoms with Gasteiger partial charge < -0.3 is 5.43 Å². The summed E-state index contributed by atoms with van der Waals surface area (Å²) in [5.74, 6) is -0.0417. The number of piperidine rings is 1. The molecule has 4 heteroatoms. The summed E-state index contributed by atoms with van der Waals surface area (Å²) in [6, 6.07) is 8.59. The SMILES string of the molecule is N#CC1CCN(Nc2ccc(F)cc2)CC1. The van der Waals surface area contributed by atoms with Crippen molar-refractivity contribution in [2.24, 2.45) is 5.92 Å². The van der Waals surface area contributed by atoms with Gasteiger partial charge in [0.25, 0.3) is 0 Å².